The van der Waals surface area contributed by atoms with Crippen LogP contribution in [0.1, 0.15) is 5.56 Å². The highest BCUT2D eigenvalue weighted by Gasteiger charge is 2.21. The lowest BCUT2D eigenvalue weighted by Gasteiger charge is -2.07. The molecule has 0 atom stereocenters. The van der Waals surface area contributed by atoms with E-state index in [1.54, 1.807) is 6.20 Å². The summed E-state index contributed by atoms with van der Waals surface area (Å²) in [6, 6.07) is 8.78. The van der Waals surface area contributed by atoms with Crippen LogP contribution in [-0.2, 0) is 6.42 Å². The molecule has 3 aromatic rings. The van der Waals surface area contributed by atoms with Crippen molar-refractivity contribution in [2.75, 3.05) is 6.61 Å². The lowest BCUT2D eigenvalue weighted by molar-refractivity contribution is 0.326. The van der Waals surface area contributed by atoms with Gasteiger partial charge in [0.25, 0.3) is 5.96 Å². The maximum Gasteiger partial charge on any atom is 0.252 e. The minimum absolute atomic E-state index is 0.0542. The molecule has 2 aromatic carbocycles. The summed E-state index contributed by atoms with van der Waals surface area (Å²) in [6.45, 7) is 0.493. The molecule has 0 radical (unpaired) electrons. The van der Waals surface area contributed by atoms with Crippen molar-refractivity contribution in [1.82, 2.24) is 9.78 Å². The zero-order valence-corrected chi connectivity index (χ0v) is 16.0. The molecular formula is C19H14BrF2N5O. The maximum atomic E-state index is 14.0. The van der Waals surface area contributed by atoms with Crippen molar-refractivity contribution in [3.05, 3.63) is 64.3 Å². The van der Waals surface area contributed by atoms with E-state index in [1.807, 2.05) is 18.2 Å². The van der Waals surface area contributed by atoms with Gasteiger partial charge in [0.15, 0.2) is 5.82 Å². The third kappa shape index (κ3) is 3.53. The Kier molecular flexibility index (Phi) is 4.91. The zero-order chi connectivity index (χ0) is 19.7. The number of rotatable bonds is 1. The molecule has 0 saturated carbocycles. The van der Waals surface area contributed by atoms with E-state index in [0.29, 0.717) is 18.7 Å². The largest absolute Gasteiger partial charge is 0.493 e. The molecule has 28 heavy (non-hydrogen) atoms. The van der Waals surface area contributed by atoms with Crippen LogP contribution in [0, 0.1) is 11.6 Å². The van der Waals surface area contributed by atoms with E-state index in [4.69, 9.17) is 10.5 Å². The average molecular weight is 446 g/mol. The van der Waals surface area contributed by atoms with E-state index < -0.39 is 11.6 Å². The SMILES string of the molecule is NC=NC(=Nc1ccc(F)cc1F)n1cc2c(n1)-c1cc(Br)ccc1OCC2. The van der Waals surface area contributed by atoms with Crippen LogP contribution in [0.25, 0.3) is 11.3 Å². The van der Waals surface area contributed by atoms with Crippen molar-refractivity contribution >= 4 is 33.9 Å². The number of aliphatic imine (C=N–C) groups is 2. The van der Waals surface area contributed by atoms with Gasteiger partial charge in [0.2, 0.25) is 0 Å². The molecule has 6 nitrogen and oxygen atoms in total. The topological polar surface area (TPSA) is 77.8 Å². The van der Waals surface area contributed by atoms with Gasteiger partial charge in [-0.05, 0) is 30.3 Å². The first-order valence-electron chi connectivity index (χ1n) is 8.35. The predicted octanol–water partition coefficient (Wildman–Crippen LogP) is 4.05. The smallest absolute Gasteiger partial charge is 0.252 e. The van der Waals surface area contributed by atoms with E-state index in [2.05, 4.69) is 31.0 Å². The highest BCUT2D eigenvalue weighted by molar-refractivity contribution is 9.10. The van der Waals surface area contributed by atoms with Gasteiger partial charge in [-0.3, -0.25) is 0 Å². The van der Waals surface area contributed by atoms with E-state index in [-0.39, 0.29) is 11.6 Å². The first-order chi connectivity index (χ1) is 13.5. The Balaban J connectivity index is 1.83. The number of benzene rings is 2. The molecule has 142 valence electrons. The van der Waals surface area contributed by atoms with Crippen molar-refractivity contribution in [2.45, 2.75) is 6.42 Å². The molecule has 0 bridgehead atoms. The van der Waals surface area contributed by atoms with E-state index >= 15 is 0 Å². The second-order valence-corrected chi connectivity index (χ2v) is 6.89. The van der Waals surface area contributed by atoms with Crippen molar-refractivity contribution in [1.29, 1.82) is 0 Å². The van der Waals surface area contributed by atoms with Gasteiger partial charge < -0.3 is 10.5 Å². The Morgan fingerprint density at radius 1 is 1.25 bits per heavy atom. The number of fused-ring (bicyclic) bond motifs is 3. The fourth-order valence-electron chi connectivity index (χ4n) is 2.89. The summed E-state index contributed by atoms with van der Waals surface area (Å²) in [5.74, 6) is -0.717. The van der Waals surface area contributed by atoms with Crippen molar-refractivity contribution in [3.8, 4) is 17.0 Å². The lowest BCUT2D eigenvalue weighted by atomic mass is 10.1. The molecule has 0 amide bonds. The molecule has 0 fully saturated rings. The van der Waals surface area contributed by atoms with Crippen LogP contribution in [0.4, 0.5) is 14.5 Å². The Labute approximate surface area is 167 Å². The Morgan fingerprint density at radius 3 is 2.89 bits per heavy atom. The molecule has 0 unspecified atom stereocenters. The first-order valence-corrected chi connectivity index (χ1v) is 9.14. The molecule has 1 aliphatic rings. The number of halogens is 3. The van der Waals surface area contributed by atoms with Gasteiger partial charge in [0.1, 0.15) is 17.3 Å². The fourth-order valence-corrected chi connectivity index (χ4v) is 3.25. The summed E-state index contributed by atoms with van der Waals surface area (Å²) < 4.78 is 35.3. The minimum Gasteiger partial charge on any atom is -0.493 e. The van der Waals surface area contributed by atoms with E-state index in [1.165, 1.54) is 10.7 Å². The summed E-state index contributed by atoms with van der Waals surface area (Å²) >= 11 is 3.46. The quantitative estimate of drug-likeness (QED) is 0.453. The molecule has 0 saturated heterocycles. The molecule has 1 aliphatic heterocycles. The summed E-state index contributed by atoms with van der Waals surface area (Å²) in [7, 11) is 0. The molecule has 0 spiro atoms. The Morgan fingerprint density at radius 2 is 2.11 bits per heavy atom. The lowest BCUT2D eigenvalue weighted by Crippen LogP contribution is -2.12. The summed E-state index contributed by atoms with van der Waals surface area (Å²) in [5.41, 5.74) is 7.83. The van der Waals surface area contributed by atoms with Crippen LogP contribution < -0.4 is 10.5 Å². The van der Waals surface area contributed by atoms with Crippen LogP contribution in [0.15, 0.2) is 57.1 Å². The van der Waals surface area contributed by atoms with Crippen LogP contribution in [0.2, 0.25) is 0 Å². The van der Waals surface area contributed by atoms with Crippen LogP contribution in [0.5, 0.6) is 5.75 Å². The highest BCUT2D eigenvalue weighted by Crippen LogP contribution is 2.36. The van der Waals surface area contributed by atoms with Gasteiger partial charge in [-0.2, -0.15) is 5.10 Å². The number of nitrogens with two attached hydrogens (primary N) is 1. The van der Waals surface area contributed by atoms with Crippen molar-refractivity contribution in [3.63, 3.8) is 0 Å². The summed E-state index contributed by atoms with van der Waals surface area (Å²) in [4.78, 5) is 8.15. The molecule has 4 rings (SSSR count). The summed E-state index contributed by atoms with van der Waals surface area (Å²) in [5, 5.41) is 4.57. The van der Waals surface area contributed by atoms with Gasteiger partial charge in [-0.1, -0.05) is 15.9 Å². The zero-order valence-electron chi connectivity index (χ0n) is 14.4. The van der Waals surface area contributed by atoms with Crippen molar-refractivity contribution < 1.29 is 13.5 Å². The highest BCUT2D eigenvalue weighted by atomic mass is 79.9. The van der Waals surface area contributed by atoms with Crippen LogP contribution in [0.3, 0.4) is 0 Å². The third-order valence-corrected chi connectivity index (χ3v) is 4.63. The minimum atomic E-state index is -0.805. The molecule has 1 aromatic heterocycles. The number of hydrogen-bond donors (Lipinski definition) is 1. The van der Waals surface area contributed by atoms with E-state index in [0.717, 1.165) is 39.8 Å². The maximum absolute atomic E-state index is 14.0. The van der Waals surface area contributed by atoms with Gasteiger partial charge in [-0.15, -0.1) is 0 Å². The Hall–Kier alpha value is -3.07. The molecule has 9 heteroatoms. The molecule has 2 N–H and O–H groups in total. The van der Waals surface area contributed by atoms with Gasteiger partial charge in [0.05, 0.1) is 18.6 Å². The summed E-state index contributed by atoms with van der Waals surface area (Å²) in [6.07, 6.45) is 3.43. The standard InChI is InChI=1S/C19H14BrF2N5O/c20-12-1-4-17-14(7-12)18-11(5-6-28-17)9-27(26-18)19(24-10-23)25-16-3-2-13(21)8-15(16)22/h1-4,7-10H,5-6H2,(H2,23,24,25). The number of hydrogen-bond acceptors (Lipinski definition) is 3. The average Bonchev–Trinajstić information content (AvgIpc) is 3.01. The number of aromatic nitrogens is 2. The number of nitrogens with zero attached hydrogens (tertiary/aromatic N) is 4. The van der Waals surface area contributed by atoms with Gasteiger partial charge >= 0.3 is 0 Å². The van der Waals surface area contributed by atoms with Crippen LogP contribution >= 0.6 is 15.9 Å². The van der Waals surface area contributed by atoms with E-state index in [9.17, 15) is 8.78 Å². The predicted molar refractivity (Wildman–Crippen MR) is 106 cm³/mol. The fraction of sp³-hybridized carbons (Fsp3) is 0.105. The normalized spacial score (nSPS) is 13.8. The number of ether oxygens (including phenoxy) is 1. The Bertz CT molecular complexity index is 1110. The van der Waals surface area contributed by atoms with Crippen molar-refractivity contribution in [2.24, 2.45) is 15.7 Å². The molecule has 0 aliphatic carbocycles. The molecular weight excluding hydrogens is 432 g/mol. The second kappa shape index (κ2) is 7.51. The van der Waals surface area contributed by atoms with Gasteiger partial charge in [-0.25, -0.2) is 23.4 Å². The van der Waals surface area contributed by atoms with Gasteiger partial charge in [0, 0.05) is 34.3 Å². The molecule has 2 heterocycles. The third-order valence-electron chi connectivity index (χ3n) is 4.14. The first kappa shape index (κ1) is 18.3. The monoisotopic (exact) mass is 445 g/mol. The second-order valence-electron chi connectivity index (χ2n) is 5.97. The van der Waals surface area contributed by atoms with Crippen LogP contribution in [-0.4, -0.2) is 28.7 Å².